The third kappa shape index (κ3) is 4.14. The number of imidazole rings is 1. The van der Waals surface area contributed by atoms with Gasteiger partial charge in [-0.25, -0.2) is 28.7 Å². The van der Waals surface area contributed by atoms with Crippen molar-refractivity contribution in [1.29, 1.82) is 0 Å². The van der Waals surface area contributed by atoms with E-state index in [1.807, 2.05) is 19.1 Å². The van der Waals surface area contributed by atoms with E-state index < -0.39 is 11.6 Å². The third-order valence-corrected chi connectivity index (χ3v) is 7.04. The number of benzene rings is 1. The van der Waals surface area contributed by atoms with Crippen molar-refractivity contribution in [1.82, 2.24) is 29.8 Å². The van der Waals surface area contributed by atoms with Crippen molar-refractivity contribution < 1.29 is 8.78 Å². The lowest BCUT2D eigenvalue weighted by Gasteiger charge is -2.25. The summed E-state index contributed by atoms with van der Waals surface area (Å²) in [7, 11) is 0. The maximum absolute atomic E-state index is 15.2. The van der Waals surface area contributed by atoms with E-state index in [0.717, 1.165) is 68.5 Å². The molecule has 3 aromatic heterocycles. The Hall–Kier alpha value is -3.46. The molecule has 0 amide bonds. The van der Waals surface area contributed by atoms with Crippen LogP contribution in [0.25, 0.3) is 22.3 Å². The summed E-state index contributed by atoms with van der Waals surface area (Å²) in [5, 5.41) is 6.40. The summed E-state index contributed by atoms with van der Waals surface area (Å²) >= 11 is 0. The molecule has 1 fully saturated rings. The lowest BCUT2D eigenvalue weighted by atomic mass is 9.95. The van der Waals surface area contributed by atoms with E-state index in [4.69, 9.17) is 0 Å². The van der Waals surface area contributed by atoms with Crippen LogP contribution in [0.3, 0.4) is 0 Å². The van der Waals surface area contributed by atoms with Crippen LogP contribution in [0.5, 0.6) is 0 Å². The van der Waals surface area contributed by atoms with Crippen molar-refractivity contribution in [2.45, 2.75) is 58.0 Å². The molecule has 1 aliphatic carbocycles. The number of aromatic nitrogens is 5. The highest BCUT2D eigenvalue weighted by Gasteiger charge is 2.23. The number of rotatable bonds is 4. The fraction of sp³-hybridized carbons (Fsp3) is 0.385. The first-order valence-corrected chi connectivity index (χ1v) is 12.2. The molecule has 4 heterocycles. The summed E-state index contributed by atoms with van der Waals surface area (Å²) < 4.78 is 32.2. The van der Waals surface area contributed by atoms with Gasteiger partial charge in [0.15, 0.2) is 11.6 Å². The summed E-state index contributed by atoms with van der Waals surface area (Å²) in [5.74, 6) is 0.491. The van der Waals surface area contributed by atoms with Crippen LogP contribution in [0, 0.1) is 18.6 Å². The molecular weight excluding hydrogens is 448 g/mol. The van der Waals surface area contributed by atoms with E-state index >= 15 is 4.39 Å². The average molecular weight is 476 g/mol. The summed E-state index contributed by atoms with van der Waals surface area (Å²) in [6.45, 7) is 3.58. The zero-order valence-electron chi connectivity index (χ0n) is 19.6. The van der Waals surface area contributed by atoms with E-state index in [-0.39, 0.29) is 17.7 Å². The highest BCUT2D eigenvalue weighted by molar-refractivity contribution is 5.83. The lowest BCUT2D eigenvalue weighted by Crippen LogP contribution is -2.24. The van der Waals surface area contributed by atoms with Gasteiger partial charge in [-0.1, -0.05) is 25.3 Å². The monoisotopic (exact) mass is 475 g/mol. The van der Waals surface area contributed by atoms with Crippen LogP contribution in [-0.4, -0.2) is 31.0 Å². The maximum Gasteiger partial charge on any atom is 0.229 e. The van der Waals surface area contributed by atoms with E-state index in [9.17, 15) is 4.39 Å². The van der Waals surface area contributed by atoms with Gasteiger partial charge in [-0.05, 0) is 43.5 Å². The van der Waals surface area contributed by atoms with Crippen molar-refractivity contribution >= 4 is 22.8 Å². The number of aryl methyl sites for hydroxylation is 1. The molecule has 35 heavy (non-hydrogen) atoms. The fourth-order valence-electron chi connectivity index (χ4n) is 5.36. The minimum Gasteiger partial charge on any atom is -0.325 e. The smallest absolute Gasteiger partial charge is 0.229 e. The number of hydrogen-bond donors (Lipinski definition) is 2. The van der Waals surface area contributed by atoms with Crippen LogP contribution < -0.4 is 10.6 Å². The molecule has 0 atom stereocenters. The summed E-state index contributed by atoms with van der Waals surface area (Å²) in [6, 6.07) is 7.25. The molecule has 6 rings (SSSR count). The van der Waals surface area contributed by atoms with Crippen LogP contribution in [-0.2, 0) is 13.0 Å². The predicted octanol–water partition coefficient (Wildman–Crippen LogP) is 5.37. The molecule has 4 aromatic rings. The van der Waals surface area contributed by atoms with E-state index in [1.54, 1.807) is 6.07 Å². The molecular formula is C26H27F2N7. The molecule has 180 valence electrons. The summed E-state index contributed by atoms with van der Waals surface area (Å²) in [5.41, 5.74) is 3.59. The first-order valence-electron chi connectivity index (χ1n) is 12.2. The molecule has 1 aliphatic heterocycles. The first kappa shape index (κ1) is 22.0. The van der Waals surface area contributed by atoms with Crippen molar-refractivity contribution in [3.8, 4) is 11.3 Å². The number of anilines is 2. The van der Waals surface area contributed by atoms with Crippen LogP contribution in [0.15, 0.2) is 30.5 Å². The Balaban J connectivity index is 1.38. The Morgan fingerprint density at radius 3 is 2.74 bits per heavy atom. The van der Waals surface area contributed by atoms with Crippen LogP contribution in [0.2, 0.25) is 0 Å². The number of hydrogen-bond acceptors (Lipinski definition) is 6. The molecule has 7 nitrogen and oxygen atoms in total. The second kappa shape index (κ2) is 8.96. The predicted molar refractivity (Wildman–Crippen MR) is 130 cm³/mol. The molecule has 0 radical (unpaired) electrons. The average Bonchev–Trinajstić information content (AvgIpc) is 3.22. The molecule has 9 heteroatoms. The minimum atomic E-state index is -0.612. The Kier molecular flexibility index (Phi) is 5.64. The Morgan fingerprint density at radius 2 is 1.89 bits per heavy atom. The van der Waals surface area contributed by atoms with Crippen molar-refractivity contribution in [2.24, 2.45) is 0 Å². The normalized spacial score (nSPS) is 16.4. The van der Waals surface area contributed by atoms with Gasteiger partial charge in [-0.2, -0.15) is 0 Å². The molecule has 0 saturated heterocycles. The fourth-order valence-corrected chi connectivity index (χ4v) is 5.36. The van der Waals surface area contributed by atoms with Gasteiger partial charge < -0.3 is 15.2 Å². The maximum atomic E-state index is 15.2. The number of halogens is 2. The van der Waals surface area contributed by atoms with Crippen LogP contribution in [0.1, 0.15) is 55.2 Å². The summed E-state index contributed by atoms with van der Waals surface area (Å²) in [6.07, 6.45) is 7.55. The Labute approximate surface area is 202 Å². The molecule has 0 bridgehead atoms. The molecule has 2 aliphatic rings. The van der Waals surface area contributed by atoms with Gasteiger partial charge in [0.05, 0.1) is 11.7 Å². The van der Waals surface area contributed by atoms with Gasteiger partial charge in [0.25, 0.3) is 0 Å². The van der Waals surface area contributed by atoms with Gasteiger partial charge in [-0.15, -0.1) is 0 Å². The second-order valence-corrected chi connectivity index (χ2v) is 9.39. The number of nitrogens with one attached hydrogen (secondary N) is 2. The number of pyridine rings is 1. The van der Waals surface area contributed by atoms with E-state index in [1.165, 1.54) is 12.5 Å². The van der Waals surface area contributed by atoms with Crippen LogP contribution >= 0.6 is 0 Å². The molecule has 2 N–H and O–H groups in total. The van der Waals surface area contributed by atoms with Crippen LogP contribution in [0.4, 0.5) is 20.5 Å². The zero-order valence-corrected chi connectivity index (χ0v) is 19.6. The van der Waals surface area contributed by atoms with Crippen molar-refractivity contribution in [3.63, 3.8) is 0 Å². The van der Waals surface area contributed by atoms with Gasteiger partial charge in [0.2, 0.25) is 5.95 Å². The first-order chi connectivity index (χ1) is 17.1. The minimum absolute atomic E-state index is 0.0412. The molecule has 0 spiro atoms. The largest absolute Gasteiger partial charge is 0.325 e. The molecule has 1 saturated carbocycles. The van der Waals surface area contributed by atoms with Gasteiger partial charge in [0, 0.05) is 36.8 Å². The van der Waals surface area contributed by atoms with Crippen molar-refractivity contribution in [3.05, 3.63) is 59.2 Å². The van der Waals surface area contributed by atoms with Gasteiger partial charge in [0.1, 0.15) is 22.9 Å². The SMILES string of the molecule is Cc1nc2c(F)cc(-c3nc(Nc4ccc5c(n4)CCNC5)ncc3F)cc2n1C1CCCCC1. The van der Waals surface area contributed by atoms with E-state index in [0.29, 0.717) is 22.4 Å². The van der Waals surface area contributed by atoms with Gasteiger partial charge >= 0.3 is 0 Å². The highest BCUT2D eigenvalue weighted by atomic mass is 19.1. The number of nitrogens with zero attached hydrogens (tertiary/aromatic N) is 5. The van der Waals surface area contributed by atoms with Gasteiger partial charge in [-0.3, -0.25) is 0 Å². The molecule has 0 unspecified atom stereocenters. The Bertz CT molecular complexity index is 1410. The quantitative estimate of drug-likeness (QED) is 0.413. The lowest BCUT2D eigenvalue weighted by molar-refractivity contribution is 0.355. The van der Waals surface area contributed by atoms with Crippen molar-refractivity contribution in [2.75, 3.05) is 11.9 Å². The number of fused-ring (bicyclic) bond motifs is 2. The third-order valence-electron chi connectivity index (χ3n) is 7.04. The standard InChI is InChI=1S/C26H27F2N7/c1-15-31-25-19(27)11-17(12-22(25)35(15)18-5-3-2-4-6-18)24-20(28)14-30-26(34-24)33-23-8-7-16-13-29-10-9-21(16)32-23/h7-8,11-12,14,18,29H,2-6,9-10,13H2,1H3,(H,30,32,33,34). The topological polar surface area (TPSA) is 80.6 Å². The molecule has 1 aromatic carbocycles. The summed E-state index contributed by atoms with van der Waals surface area (Å²) in [4.78, 5) is 17.6. The second-order valence-electron chi connectivity index (χ2n) is 9.39. The Morgan fingerprint density at radius 1 is 1.03 bits per heavy atom. The van der Waals surface area contributed by atoms with E-state index in [2.05, 4.69) is 35.1 Å². The highest BCUT2D eigenvalue weighted by Crippen LogP contribution is 2.35. The zero-order chi connectivity index (χ0) is 23.9.